The van der Waals surface area contributed by atoms with Crippen molar-refractivity contribution in [2.75, 3.05) is 17.7 Å². The van der Waals surface area contributed by atoms with Crippen LogP contribution in [0.25, 0.3) is 0 Å². The number of para-hydroxylation sites is 1. The van der Waals surface area contributed by atoms with Crippen molar-refractivity contribution in [3.05, 3.63) is 96.8 Å². The molecule has 0 bridgehead atoms. The lowest BCUT2D eigenvalue weighted by Gasteiger charge is -2.10. The van der Waals surface area contributed by atoms with E-state index in [9.17, 15) is 4.79 Å². The maximum absolute atomic E-state index is 11.8. The summed E-state index contributed by atoms with van der Waals surface area (Å²) in [4.78, 5) is 20.3. The predicted octanol–water partition coefficient (Wildman–Crippen LogP) is 5.12. The minimum absolute atomic E-state index is 0.145. The van der Waals surface area contributed by atoms with E-state index in [0.29, 0.717) is 17.2 Å². The van der Waals surface area contributed by atoms with Gasteiger partial charge in [0.25, 0.3) is 5.91 Å². The average molecular weight is 411 g/mol. The normalized spacial score (nSPS) is 10.2. The van der Waals surface area contributed by atoms with Crippen LogP contribution in [0.2, 0.25) is 0 Å². The van der Waals surface area contributed by atoms with Crippen LogP contribution in [-0.4, -0.2) is 22.9 Å². The van der Waals surface area contributed by atoms with E-state index in [1.54, 1.807) is 25.2 Å². The molecule has 0 spiro atoms. The number of amides is 1. The highest BCUT2D eigenvalue weighted by molar-refractivity contribution is 5.95. The molecule has 4 rings (SSSR count). The third-order valence-corrected chi connectivity index (χ3v) is 4.40. The lowest BCUT2D eigenvalue weighted by atomic mass is 10.2. The third-order valence-electron chi connectivity index (χ3n) is 4.40. The third kappa shape index (κ3) is 5.36. The zero-order valence-corrected chi connectivity index (χ0v) is 16.9. The summed E-state index contributed by atoms with van der Waals surface area (Å²) in [6.45, 7) is 0. The second kappa shape index (κ2) is 9.41. The highest BCUT2D eigenvalue weighted by Crippen LogP contribution is 2.25. The maximum atomic E-state index is 11.8. The molecule has 1 aromatic heterocycles. The van der Waals surface area contributed by atoms with Crippen LogP contribution in [0.5, 0.6) is 11.5 Å². The molecule has 1 heterocycles. The van der Waals surface area contributed by atoms with Gasteiger partial charge in [-0.2, -0.15) is 0 Å². The van der Waals surface area contributed by atoms with E-state index >= 15 is 0 Å². The average Bonchev–Trinajstić information content (AvgIpc) is 2.81. The van der Waals surface area contributed by atoms with Crippen LogP contribution >= 0.6 is 0 Å². The van der Waals surface area contributed by atoms with Gasteiger partial charge in [-0.05, 0) is 54.6 Å². The van der Waals surface area contributed by atoms with E-state index in [0.717, 1.165) is 22.9 Å². The summed E-state index contributed by atoms with van der Waals surface area (Å²) in [5.41, 5.74) is 2.19. The Kier molecular flexibility index (Phi) is 6.04. The smallest absolute Gasteiger partial charge is 0.251 e. The number of nitrogens with one attached hydrogen (secondary N) is 3. The number of anilines is 4. The minimum Gasteiger partial charge on any atom is -0.457 e. The fraction of sp³-hybridized carbons (Fsp3) is 0.0417. The Morgan fingerprint density at radius 1 is 0.742 bits per heavy atom. The Hall–Kier alpha value is -4.39. The van der Waals surface area contributed by atoms with Gasteiger partial charge >= 0.3 is 0 Å². The molecule has 7 nitrogen and oxygen atoms in total. The predicted molar refractivity (Wildman–Crippen MR) is 121 cm³/mol. The van der Waals surface area contributed by atoms with Gasteiger partial charge in [0.1, 0.15) is 29.5 Å². The standard InChI is InChI=1S/C24H21N5O2/c1-25-24(30)17-6-5-7-19(14-17)29-23-15-22(26-16-27-23)28-18-10-12-21(13-11-18)31-20-8-3-2-4-9-20/h2-16H,1H3,(H,25,30)(H2,26,27,28,29). The van der Waals surface area contributed by atoms with Crippen LogP contribution < -0.4 is 20.7 Å². The molecule has 0 saturated heterocycles. The summed E-state index contributed by atoms with van der Waals surface area (Å²) in [6.07, 6.45) is 1.47. The largest absolute Gasteiger partial charge is 0.457 e. The van der Waals surface area contributed by atoms with Crippen LogP contribution in [0, 0.1) is 0 Å². The summed E-state index contributed by atoms with van der Waals surface area (Å²) in [6, 6.07) is 26.2. The monoisotopic (exact) mass is 411 g/mol. The number of hydrogen-bond donors (Lipinski definition) is 3. The van der Waals surface area contributed by atoms with Crippen molar-refractivity contribution in [2.45, 2.75) is 0 Å². The Balaban J connectivity index is 1.42. The first-order valence-corrected chi connectivity index (χ1v) is 9.71. The zero-order chi connectivity index (χ0) is 21.5. The molecule has 0 radical (unpaired) electrons. The van der Waals surface area contributed by atoms with E-state index in [-0.39, 0.29) is 5.91 Å². The molecule has 1 amide bonds. The molecule has 0 atom stereocenters. The molecule has 0 saturated carbocycles. The van der Waals surface area contributed by atoms with Crippen molar-refractivity contribution < 1.29 is 9.53 Å². The van der Waals surface area contributed by atoms with Crippen molar-refractivity contribution in [2.24, 2.45) is 0 Å². The molecule has 0 fully saturated rings. The Labute approximate surface area is 180 Å². The molecule has 154 valence electrons. The highest BCUT2D eigenvalue weighted by atomic mass is 16.5. The van der Waals surface area contributed by atoms with Crippen molar-refractivity contribution in [1.29, 1.82) is 0 Å². The molecule has 0 unspecified atom stereocenters. The van der Waals surface area contributed by atoms with Gasteiger partial charge in [0.2, 0.25) is 0 Å². The number of carbonyl (C=O) groups is 1. The van der Waals surface area contributed by atoms with Crippen LogP contribution in [0.3, 0.4) is 0 Å². The van der Waals surface area contributed by atoms with Crippen LogP contribution in [0.1, 0.15) is 10.4 Å². The van der Waals surface area contributed by atoms with E-state index in [4.69, 9.17) is 4.74 Å². The summed E-state index contributed by atoms with van der Waals surface area (Å²) in [5.74, 6) is 2.63. The zero-order valence-electron chi connectivity index (χ0n) is 16.9. The van der Waals surface area contributed by atoms with Gasteiger partial charge in [-0.3, -0.25) is 4.79 Å². The van der Waals surface area contributed by atoms with Gasteiger partial charge in [-0.25, -0.2) is 9.97 Å². The molecule has 0 aliphatic carbocycles. The number of rotatable bonds is 7. The molecule has 0 aliphatic heterocycles. The van der Waals surface area contributed by atoms with E-state index in [2.05, 4.69) is 25.9 Å². The van der Waals surface area contributed by atoms with Gasteiger partial charge in [-0.1, -0.05) is 24.3 Å². The Morgan fingerprint density at radius 2 is 1.42 bits per heavy atom. The first kappa shape index (κ1) is 19.9. The minimum atomic E-state index is -0.145. The Morgan fingerprint density at radius 3 is 2.13 bits per heavy atom. The number of benzene rings is 3. The number of carbonyl (C=O) groups excluding carboxylic acids is 1. The van der Waals surface area contributed by atoms with Crippen LogP contribution in [0.15, 0.2) is 91.3 Å². The summed E-state index contributed by atoms with van der Waals surface area (Å²) < 4.78 is 5.81. The second-order valence-electron chi connectivity index (χ2n) is 6.64. The lowest BCUT2D eigenvalue weighted by molar-refractivity contribution is 0.0963. The van der Waals surface area contributed by atoms with Crippen LogP contribution in [-0.2, 0) is 0 Å². The van der Waals surface area contributed by atoms with Crippen molar-refractivity contribution in [3.63, 3.8) is 0 Å². The molecule has 7 heteroatoms. The molecule has 31 heavy (non-hydrogen) atoms. The SMILES string of the molecule is CNC(=O)c1cccc(Nc2cc(Nc3ccc(Oc4ccccc4)cc3)ncn2)c1. The lowest BCUT2D eigenvalue weighted by Crippen LogP contribution is -2.17. The fourth-order valence-electron chi connectivity index (χ4n) is 2.90. The number of ether oxygens (including phenoxy) is 1. The summed E-state index contributed by atoms with van der Waals surface area (Å²) >= 11 is 0. The van der Waals surface area contributed by atoms with Crippen LogP contribution in [0.4, 0.5) is 23.0 Å². The second-order valence-corrected chi connectivity index (χ2v) is 6.64. The van der Waals surface area contributed by atoms with Crippen molar-refractivity contribution in [1.82, 2.24) is 15.3 Å². The maximum Gasteiger partial charge on any atom is 0.251 e. The van der Waals surface area contributed by atoms with Gasteiger partial charge in [0, 0.05) is 30.1 Å². The summed E-state index contributed by atoms with van der Waals surface area (Å²) in [5, 5.41) is 9.06. The van der Waals surface area contributed by atoms with Gasteiger partial charge < -0.3 is 20.7 Å². The molecular weight excluding hydrogens is 390 g/mol. The van der Waals surface area contributed by atoms with E-state index < -0.39 is 0 Å². The van der Waals surface area contributed by atoms with E-state index in [1.807, 2.05) is 66.7 Å². The van der Waals surface area contributed by atoms with Crippen molar-refractivity contribution in [3.8, 4) is 11.5 Å². The molecule has 0 aliphatic rings. The van der Waals surface area contributed by atoms with E-state index in [1.165, 1.54) is 6.33 Å². The molecule has 4 aromatic rings. The number of hydrogen-bond acceptors (Lipinski definition) is 6. The fourth-order valence-corrected chi connectivity index (χ4v) is 2.90. The van der Waals surface area contributed by atoms with Gasteiger partial charge in [-0.15, -0.1) is 0 Å². The number of aromatic nitrogens is 2. The Bertz CT molecular complexity index is 1160. The van der Waals surface area contributed by atoms with Gasteiger partial charge in [0.05, 0.1) is 0 Å². The highest BCUT2D eigenvalue weighted by Gasteiger charge is 2.05. The first-order valence-electron chi connectivity index (χ1n) is 9.71. The summed E-state index contributed by atoms with van der Waals surface area (Å²) in [7, 11) is 1.60. The van der Waals surface area contributed by atoms with Gasteiger partial charge in [0.15, 0.2) is 0 Å². The van der Waals surface area contributed by atoms with Crippen molar-refractivity contribution >= 4 is 28.9 Å². The quantitative estimate of drug-likeness (QED) is 0.391. The topological polar surface area (TPSA) is 88.2 Å². The first-order chi connectivity index (χ1) is 15.2. The molecular formula is C24H21N5O2. The molecule has 3 N–H and O–H groups in total. The molecule has 3 aromatic carbocycles. The number of nitrogens with zero attached hydrogens (tertiary/aromatic N) is 2.